The van der Waals surface area contributed by atoms with E-state index in [1.165, 1.54) is 12.0 Å². The van der Waals surface area contributed by atoms with Crippen LogP contribution in [0.15, 0.2) is 11.1 Å². The molecule has 0 heterocycles. The molecule has 1 aliphatic rings. The first-order valence-electron chi connectivity index (χ1n) is 4.70. The van der Waals surface area contributed by atoms with Crippen LogP contribution in [0.4, 0.5) is 0 Å². The summed E-state index contributed by atoms with van der Waals surface area (Å²) < 4.78 is 0. The highest BCUT2D eigenvalue weighted by atomic mass is 16.4. The van der Waals surface area contributed by atoms with Crippen molar-refractivity contribution in [3.05, 3.63) is 11.1 Å². The molecule has 0 radical (unpaired) electrons. The molecule has 0 unspecified atom stereocenters. The van der Waals surface area contributed by atoms with Crippen molar-refractivity contribution >= 4 is 5.97 Å². The Hall–Kier alpha value is -0.790. The standard InChI is InChI=1S/C10H16O2/c1-2-3-7-9(10(11)12)8-5-4-6-8/h2-7H2,1H3,(H,11,12). The molecule has 0 aromatic carbocycles. The van der Waals surface area contributed by atoms with E-state index >= 15 is 0 Å². The van der Waals surface area contributed by atoms with Gasteiger partial charge in [0.2, 0.25) is 0 Å². The first-order chi connectivity index (χ1) is 5.75. The summed E-state index contributed by atoms with van der Waals surface area (Å²) >= 11 is 0. The minimum absolute atomic E-state index is 0.696. The van der Waals surface area contributed by atoms with E-state index in [0.717, 1.165) is 32.1 Å². The third kappa shape index (κ3) is 2.10. The van der Waals surface area contributed by atoms with Crippen molar-refractivity contribution < 1.29 is 9.90 Å². The summed E-state index contributed by atoms with van der Waals surface area (Å²) in [6.07, 6.45) is 6.06. The van der Waals surface area contributed by atoms with Gasteiger partial charge in [-0.15, -0.1) is 0 Å². The van der Waals surface area contributed by atoms with Crippen LogP contribution in [-0.4, -0.2) is 11.1 Å². The maximum absolute atomic E-state index is 10.8. The molecule has 0 aromatic heterocycles. The summed E-state index contributed by atoms with van der Waals surface area (Å²) in [5.74, 6) is -0.696. The number of rotatable bonds is 4. The van der Waals surface area contributed by atoms with Crippen LogP contribution in [0, 0.1) is 0 Å². The largest absolute Gasteiger partial charge is 0.478 e. The summed E-state index contributed by atoms with van der Waals surface area (Å²) in [5, 5.41) is 8.88. The Balaban J connectivity index is 2.55. The molecule has 0 spiro atoms. The van der Waals surface area contributed by atoms with E-state index in [1.807, 2.05) is 0 Å². The Kier molecular flexibility index (Phi) is 3.32. The average molecular weight is 168 g/mol. The monoisotopic (exact) mass is 168 g/mol. The number of carboxylic acids is 1. The molecule has 2 nitrogen and oxygen atoms in total. The van der Waals surface area contributed by atoms with E-state index in [-0.39, 0.29) is 0 Å². The molecular weight excluding hydrogens is 152 g/mol. The highest BCUT2D eigenvalue weighted by Crippen LogP contribution is 2.30. The number of aliphatic carboxylic acids is 1. The number of unbranched alkanes of at least 4 members (excludes halogenated alkanes) is 1. The molecule has 12 heavy (non-hydrogen) atoms. The van der Waals surface area contributed by atoms with E-state index < -0.39 is 5.97 Å². The number of carbonyl (C=O) groups is 1. The topological polar surface area (TPSA) is 37.3 Å². The van der Waals surface area contributed by atoms with Crippen LogP contribution in [0.1, 0.15) is 45.4 Å². The Bertz CT molecular complexity index is 198. The number of hydrogen-bond acceptors (Lipinski definition) is 1. The zero-order valence-electron chi connectivity index (χ0n) is 7.60. The molecule has 1 rings (SSSR count). The lowest BCUT2D eigenvalue weighted by Crippen LogP contribution is -2.10. The fourth-order valence-corrected chi connectivity index (χ4v) is 1.44. The predicted molar refractivity (Wildman–Crippen MR) is 48.0 cm³/mol. The molecule has 2 heteroatoms. The Morgan fingerprint density at radius 1 is 1.50 bits per heavy atom. The van der Waals surface area contributed by atoms with Crippen molar-refractivity contribution in [2.24, 2.45) is 0 Å². The fraction of sp³-hybridized carbons (Fsp3) is 0.700. The maximum Gasteiger partial charge on any atom is 0.331 e. The van der Waals surface area contributed by atoms with Crippen molar-refractivity contribution in [2.75, 3.05) is 0 Å². The molecule has 0 bridgehead atoms. The van der Waals surface area contributed by atoms with Gasteiger partial charge >= 0.3 is 5.97 Å². The summed E-state index contributed by atoms with van der Waals surface area (Å²) in [5.41, 5.74) is 1.89. The van der Waals surface area contributed by atoms with Crippen LogP contribution in [0.25, 0.3) is 0 Å². The molecule has 68 valence electrons. The Labute approximate surface area is 73.3 Å². The SMILES string of the molecule is CCCCC(C(=O)O)=C1CCC1. The zero-order valence-corrected chi connectivity index (χ0v) is 7.60. The highest BCUT2D eigenvalue weighted by molar-refractivity contribution is 5.87. The van der Waals surface area contributed by atoms with Crippen molar-refractivity contribution in [3.63, 3.8) is 0 Å². The second-order valence-corrected chi connectivity index (χ2v) is 3.34. The van der Waals surface area contributed by atoms with Crippen molar-refractivity contribution in [1.29, 1.82) is 0 Å². The fourth-order valence-electron chi connectivity index (χ4n) is 1.44. The van der Waals surface area contributed by atoms with Gasteiger partial charge in [0.15, 0.2) is 0 Å². The third-order valence-corrected chi connectivity index (χ3v) is 2.42. The molecule has 0 aliphatic heterocycles. The van der Waals surface area contributed by atoms with Crippen LogP contribution in [0.5, 0.6) is 0 Å². The van der Waals surface area contributed by atoms with E-state index in [2.05, 4.69) is 6.92 Å². The van der Waals surface area contributed by atoms with Gasteiger partial charge in [0.25, 0.3) is 0 Å². The Morgan fingerprint density at radius 3 is 2.50 bits per heavy atom. The van der Waals surface area contributed by atoms with Crippen LogP contribution in [0.3, 0.4) is 0 Å². The molecule has 0 amide bonds. The lowest BCUT2D eigenvalue weighted by molar-refractivity contribution is -0.132. The van der Waals surface area contributed by atoms with Gasteiger partial charge in [0, 0.05) is 5.57 Å². The molecule has 0 saturated heterocycles. The van der Waals surface area contributed by atoms with Crippen LogP contribution < -0.4 is 0 Å². The molecule has 1 aliphatic carbocycles. The summed E-state index contributed by atoms with van der Waals surface area (Å²) in [6, 6.07) is 0. The van der Waals surface area contributed by atoms with E-state index in [1.54, 1.807) is 0 Å². The first-order valence-corrected chi connectivity index (χ1v) is 4.70. The van der Waals surface area contributed by atoms with E-state index in [9.17, 15) is 4.79 Å². The summed E-state index contributed by atoms with van der Waals surface area (Å²) in [6.45, 7) is 2.09. The molecule has 0 aromatic rings. The molecule has 1 fully saturated rings. The highest BCUT2D eigenvalue weighted by Gasteiger charge is 2.18. The van der Waals surface area contributed by atoms with Crippen molar-refractivity contribution in [2.45, 2.75) is 45.4 Å². The second-order valence-electron chi connectivity index (χ2n) is 3.34. The second kappa shape index (κ2) is 4.29. The van der Waals surface area contributed by atoms with Gasteiger partial charge < -0.3 is 5.11 Å². The van der Waals surface area contributed by atoms with Gasteiger partial charge in [0.05, 0.1) is 0 Å². The maximum atomic E-state index is 10.8. The van der Waals surface area contributed by atoms with Gasteiger partial charge in [-0.05, 0) is 32.1 Å². The minimum atomic E-state index is -0.696. The van der Waals surface area contributed by atoms with Gasteiger partial charge in [-0.3, -0.25) is 0 Å². The minimum Gasteiger partial charge on any atom is -0.478 e. The van der Waals surface area contributed by atoms with Crippen LogP contribution >= 0.6 is 0 Å². The lowest BCUT2D eigenvalue weighted by atomic mass is 9.86. The summed E-state index contributed by atoms with van der Waals surface area (Å²) in [4.78, 5) is 10.8. The number of carboxylic acid groups (broad SMARTS) is 1. The smallest absolute Gasteiger partial charge is 0.331 e. The quantitative estimate of drug-likeness (QED) is 0.655. The van der Waals surface area contributed by atoms with Crippen LogP contribution in [-0.2, 0) is 4.79 Å². The average Bonchev–Trinajstić information content (AvgIpc) is 1.93. The number of hydrogen-bond donors (Lipinski definition) is 1. The normalized spacial score (nSPS) is 15.6. The van der Waals surface area contributed by atoms with Gasteiger partial charge in [0.1, 0.15) is 0 Å². The summed E-state index contributed by atoms with van der Waals surface area (Å²) in [7, 11) is 0. The molecule has 1 saturated carbocycles. The van der Waals surface area contributed by atoms with E-state index in [0.29, 0.717) is 5.57 Å². The van der Waals surface area contributed by atoms with Crippen LogP contribution in [0.2, 0.25) is 0 Å². The number of allylic oxidation sites excluding steroid dienone is 1. The van der Waals surface area contributed by atoms with Gasteiger partial charge in [-0.1, -0.05) is 18.9 Å². The molecule has 1 N–H and O–H groups in total. The predicted octanol–water partition coefficient (Wildman–Crippen LogP) is 2.74. The van der Waals surface area contributed by atoms with Gasteiger partial charge in [-0.25, -0.2) is 4.79 Å². The molecular formula is C10H16O2. The van der Waals surface area contributed by atoms with E-state index in [4.69, 9.17) is 5.11 Å². The van der Waals surface area contributed by atoms with Crippen molar-refractivity contribution in [3.8, 4) is 0 Å². The van der Waals surface area contributed by atoms with Gasteiger partial charge in [-0.2, -0.15) is 0 Å². The third-order valence-electron chi connectivity index (χ3n) is 2.42. The first kappa shape index (κ1) is 9.30. The zero-order chi connectivity index (χ0) is 8.97. The molecule has 0 atom stereocenters. The van der Waals surface area contributed by atoms with Crippen molar-refractivity contribution in [1.82, 2.24) is 0 Å². The lowest BCUT2D eigenvalue weighted by Gasteiger charge is -2.19. The Morgan fingerprint density at radius 2 is 2.17 bits per heavy atom.